The molecule has 0 atom stereocenters. The maximum absolute atomic E-state index is 10.2. The molecule has 0 amide bonds. The van der Waals surface area contributed by atoms with Gasteiger partial charge in [0.05, 0.1) is 5.69 Å². The van der Waals surface area contributed by atoms with Gasteiger partial charge in [-0.3, -0.25) is 5.10 Å². The van der Waals surface area contributed by atoms with Crippen LogP contribution in [0, 0.1) is 0 Å². The molecule has 80 valence electrons. The summed E-state index contributed by atoms with van der Waals surface area (Å²) >= 11 is 0. The summed E-state index contributed by atoms with van der Waals surface area (Å²) in [4.78, 5) is 13.8. The molecule has 2 N–H and O–H groups in total. The monoisotopic (exact) mass is 209 g/mol. The van der Waals surface area contributed by atoms with Gasteiger partial charge in [0.2, 0.25) is 0 Å². The zero-order valence-corrected chi connectivity index (χ0v) is 8.17. The van der Waals surface area contributed by atoms with Crippen molar-refractivity contribution in [2.45, 2.75) is 13.3 Å². The van der Waals surface area contributed by atoms with Crippen molar-refractivity contribution in [2.75, 3.05) is 0 Å². The van der Waals surface area contributed by atoms with Crippen LogP contribution in [0.5, 0.6) is 0 Å². The highest BCUT2D eigenvalue weighted by Crippen LogP contribution is 2.01. The van der Waals surface area contributed by atoms with Gasteiger partial charge in [0.1, 0.15) is 6.26 Å². The second-order valence-corrected chi connectivity index (χ2v) is 2.57. The quantitative estimate of drug-likeness (QED) is 0.778. The molecule has 0 saturated carbocycles. The molecule has 0 fully saturated rings. The van der Waals surface area contributed by atoms with Crippen LogP contribution in [0.1, 0.15) is 23.3 Å². The summed E-state index contributed by atoms with van der Waals surface area (Å²) in [6.07, 6.45) is 5.50. The van der Waals surface area contributed by atoms with Gasteiger partial charge in [-0.15, -0.1) is 0 Å². The molecule has 15 heavy (non-hydrogen) atoms. The highest BCUT2D eigenvalue weighted by Gasteiger charge is 2.08. The van der Waals surface area contributed by atoms with E-state index in [4.69, 9.17) is 5.11 Å². The summed E-state index contributed by atoms with van der Waals surface area (Å²) in [5, 5.41) is 14.5. The number of hydrogen-bond acceptors (Lipinski definition) is 4. The molecular weight excluding hydrogens is 198 g/mol. The van der Waals surface area contributed by atoms with E-state index in [1.165, 1.54) is 6.26 Å². The predicted octanol–water partition coefficient (Wildman–Crippen LogP) is 1.34. The molecular formula is C9H11N3O3. The second kappa shape index (κ2) is 5.58. The van der Waals surface area contributed by atoms with Gasteiger partial charge in [-0.2, -0.15) is 5.10 Å². The predicted molar refractivity (Wildman–Crippen MR) is 51.4 cm³/mol. The Morgan fingerprint density at radius 3 is 2.73 bits per heavy atom. The number of carboxylic acid groups (broad SMARTS) is 1. The number of H-pyrrole nitrogens is 1. The normalized spacial score (nSPS) is 9.13. The number of rotatable bonds is 2. The fourth-order valence-corrected chi connectivity index (χ4v) is 0.783. The Morgan fingerprint density at radius 1 is 1.67 bits per heavy atom. The molecule has 0 aliphatic rings. The van der Waals surface area contributed by atoms with Crippen molar-refractivity contribution in [2.24, 2.45) is 0 Å². The van der Waals surface area contributed by atoms with Crippen LogP contribution in [-0.2, 0) is 6.42 Å². The second-order valence-electron chi connectivity index (χ2n) is 2.57. The third kappa shape index (κ3) is 3.63. The van der Waals surface area contributed by atoms with Gasteiger partial charge in [0.15, 0.2) is 0 Å². The van der Waals surface area contributed by atoms with E-state index in [1.807, 2.05) is 13.0 Å². The third-order valence-electron chi connectivity index (χ3n) is 1.50. The molecule has 0 spiro atoms. The zero-order valence-electron chi connectivity index (χ0n) is 8.17. The van der Waals surface area contributed by atoms with E-state index in [2.05, 4.69) is 19.6 Å². The van der Waals surface area contributed by atoms with Gasteiger partial charge in [-0.25, -0.2) is 9.78 Å². The highest BCUT2D eigenvalue weighted by molar-refractivity contribution is 5.82. The Labute approximate surface area is 86.0 Å². The van der Waals surface area contributed by atoms with Crippen LogP contribution in [0.3, 0.4) is 0 Å². The van der Waals surface area contributed by atoms with E-state index in [9.17, 15) is 4.79 Å². The maximum atomic E-state index is 10.2. The van der Waals surface area contributed by atoms with E-state index in [1.54, 1.807) is 12.4 Å². The fourth-order valence-electron chi connectivity index (χ4n) is 0.783. The molecule has 2 aromatic heterocycles. The maximum Gasteiger partial charge on any atom is 0.392 e. The number of hydrogen-bond donors (Lipinski definition) is 2. The summed E-state index contributed by atoms with van der Waals surface area (Å²) in [6.45, 7) is 1.88. The summed E-state index contributed by atoms with van der Waals surface area (Å²) in [7, 11) is 0. The van der Waals surface area contributed by atoms with Crippen LogP contribution in [0.2, 0.25) is 0 Å². The molecule has 0 aromatic carbocycles. The Balaban J connectivity index is 0.000000187. The number of carbonyl (C=O) groups is 1. The molecule has 0 radical (unpaired) electrons. The van der Waals surface area contributed by atoms with Crippen molar-refractivity contribution < 1.29 is 14.3 Å². The first-order chi connectivity index (χ1) is 7.24. The first-order valence-corrected chi connectivity index (χ1v) is 4.35. The Bertz CT molecular complexity index is 377. The van der Waals surface area contributed by atoms with Crippen LogP contribution in [0.15, 0.2) is 29.1 Å². The Hall–Kier alpha value is -2.11. The van der Waals surface area contributed by atoms with Crippen molar-refractivity contribution in [1.82, 2.24) is 15.2 Å². The lowest BCUT2D eigenvalue weighted by Gasteiger charge is -1.79. The number of nitrogens with zero attached hydrogens (tertiary/aromatic N) is 2. The molecule has 6 nitrogen and oxygen atoms in total. The number of oxazole rings is 1. The van der Waals surface area contributed by atoms with E-state index < -0.39 is 5.97 Å². The van der Waals surface area contributed by atoms with Crippen molar-refractivity contribution in [3.63, 3.8) is 0 Å². The van der Waals surface area contributed by atoms with Gasteiger partial charge in [0.25, 0.3) is 0 Å². The van der Waals surface area contributed by atoms with Crippen molar-refractivity contribution in [3.05, 3.63) is 36.3 Å². The lowest BCUT2D eigenvalue weighted by molar-refractivity contribution is 0.0653. The lowest BCUT2D eigenvalue weighted by Crippen LogP contribution is -1.95. The SMILES string of the molecule is CCc1coc(C(=O)O)n1.c1cn[nH]c1. The van der Waals surface area contributed by atoms with Crippen LogP contribution >= 0.6 is 0 Å². The first-order valence-electron chi connectivity index (χ1n) is 4.35. The Kier molecular flexibility index (Phi) is 4.08. The van der Waals surface area contributed by atoms with Crippen LogP contribution in [0.25, 0.3) is 0 Å². The summed E-state index contributed by atoms with van der Waals surface area (Å²) < 4.78 is 4.61. The van der Waals surface area contributed by atoms with Gasteiger partial charge in [-0.05, 0) is 12.5 Å². The fraction of sp³-hybridized carbons (Fsp3) is 0.222. The topological polar surface area (TPSA) is 92.0 Å². The molecule has 0 aliphatic carbocycles. The molecule has 2 rings (SSSR count). The van der Waals surface area contributed by atoms with Crippen LogP contribution < -0.4 is 0 Å². The number of aromatic amines is 1. The van der Waals surface area contributed by atoms with Crippen molar-refractivity contribution in [3.8, 4) is 0 Å². The zero-order chi connectivity index (χ0) is 11.1. The summed E-state index contributed by atoms with van der Waals surface area (Å²) in [5.41, 5.74) is 0.664. The van der Waals surface area contributed by atoms with Gasteiger partial charge in [0, 0.05) is 12.4 Å². The van der Waals surface area contributed by atoms with Gasteiger partial charge in [-0.1, -0.05) is 6.92 Å². The van der Waals surface area contributed by atoms with E-state index >= 15 is 0 Å². The van der Waals surface area contributed by atoms with Crippen molar-refractivity contribution >= 4 is 5.97 Å². The molecule has 0 saturated heterocycles. The average Bonchev–Trinajstić information content (AvgIpc) is 2.92. The van der Waals surface area contributed by atoms with E-state index in [0.717, 1.165) is 0 Å². The van der Waals surface area contributed by atoms with Gasteiger partial charge >= 0.3 is 11.9 Å². The minimum Gasteiger partial charge on any atom is -0.474 e. The number of aryl methyl sites for hydroxylation is 1. The lowest BCUT2D eigenvalue weighted by atomic mass is 10.4. The molecule has 2 heterocycles. The van der Waals surface area contributed by atoms with Gasteiger partial charge < -0.3 is 9.52 Å². The number of carboxylic acids is 1. The smallest absolute Gasteiger partial charge is 0.392 e. The number of nitrogens with one attached hydrogen (secondary N) is 1. The average molecular weight is 209 g/mol. The molecule has 0 bridgehead atoms. The standard InChI is InChI=1S/C6H7NO3.C3H4N2/c1-2-4-3-10-5(7-4)6(8)9;1-2-4-5-3-1/h3H,2H2,1H3,(H,8,9);1-3H,(H,4,5). The largest absolute Gasteiger partial charge is 0.474 e. The molecule has 0 unspecified atom stereocenters. The third-order valence-corrected chi connectivity index (χ3v) is 1.50. The minimum atomic E-state index is -1.13. The highest BCUT2D eigenvalue weighted by atomic mass is 16.4. The van der Waals surface area contributed by atoms with Crippen molar-refractivity contribution in [1.29, 1.82) is 0 Å². The summed E-state index contributed by atoms with van der Waals surface area (Å²) in [6, 6.07) is 1.83. The molecule has 0 aliphatic heterocycles. The van der Waals surface area contributed by atoms with Crippen LogP contribution in [0.4, 0.5) is 0 Å². The number of aromatic carboxylic acids is 1. The molecule has 2 aromatic rings. The van der Waals surface area contributed by atoms with Crippen LogP contribution in [-0.4, -0.2) is 26.3 Å². The minimum absolute atomic E-state index is 0.239. The first kappa shape index (κ1) is 11.0. The Morgan fingerprint density at radius 2 is 2.47 bits per heavy atom. The van der Waals surface area contributed by atoms with E-state index in [0.29, 0.717) is 12.1 Å². The van der Waals surface area contributed by atoms with E-state index in [-0.39, 0.29) is 5.89 Å². The summed E-state index contributed by atoms with van der Waals surface area (Å²) in [5.74, 6) is -1.36. The number of aromatic nitrogens is 3. The molecule has 6 heteroatoms.